The first kappa shape index (κ1) is 18.7. The van der Waals surface area contributed by atoms with Crippen molar-refractivity contribution in [3.63, 3.8) is 0 Å². The van der Waals surface area contributed by atoms with Gasteiger partial charge in [0.25, 0.3) is 5.91 Å². The molecule has 138 valence electrons. The standard InChI is InChI=1S/C19H19N5O2S/c1-2-24-18(15-8-4-3-5-9-15)22-23-19(24)27-13-17(26)21-20-12-14-7-6-10-16(25)11-14/h3-12,25H,2,13H2,1H3,(H,21,26)/b20-12-. The average Bonchev–Trinajstić information content (AvgIpc) is 3.10. The van der Waals surface area contributed by atoms with E-state index in [2.05, 4.69) is 20.7 Å². The normalized spacial score (nSPS) is 11.0. The van der Waals surface area contributed by atoms with Crippen molar-refractivity contribution in [3.05, 3.63) is 60.2 Å². The number of benzene rings is 2. The molecule has 7 nitrogen and oxygen atoms in total. The number of carbonyl (C=O) groups excluding carboxylic acids is 1. The number of aromatic nitrogens is 3. The summed E-state index contributed by atoms with van der Waals surface area (Å²) in [6.45, 7) is 2.72. The Morgan fingerprint density at radius 1 is 1.22 bits per heavy atom. The van der Waals surface area contributed by atoms with Crippen molar-refractivity contribution < 1.29 is 9.90 Å². The highest BCUT2D eigenvalue weighted by Gasteiger charge is 2.14. The van der Waals surface area contributed by atoms with Gasteiger partial charge in [0, 0.05) is 12.1 Å². The molecule has 1 aromatic heterocycles. The van der Waals surface area contributed by atoms with E-state index in [4.69, 9.17) is 0 Å². The van der Waals surface area contributed by atoms with Gasteiger partial charge in [0.2, 0.25) is 0 Å². The van der Waals surface area contributed by atoms with Crippen LogP contribution in [0.3, 0.4) is 0 Å². The van der Waals surface area contributed by atoms with Gasteiger partial charge in [-0.15, -0.1) is 10.2 Å². The molecular weight excluding hydrogens is 362 g/mol. The molecule has 27 heavy (non-hydrogen) atoms. The predicted octanol–water partition coefficient (Wildman–Crippen LogP) is 2.91. The highest BCUT2D eigenvalue weighted by atomic mass is 32.2. The Kier molecular flexibility index (Phi) is 6.22. The summed E-state index contributed by atoms with van der Waals surface area (Å²) in [5, 5.41) is 22.4. The Hall–Kier alpha value is -3.13. The summed E-state index contributed by atoms with van der Waals surface area (Å²) in [7, 11) is 0. The minimum atomic E-state index is -0.247. The largest absolute Gasteiger partial charge is 0.508 e. The van der Waals surface area contributed by atoms with E-state index >= 15 is 0 Å². The smallest absolute Gasteiger partial charge is 0.250 e. The van der Waals surface area contributed by atoms with Crippen LogP contribution in [0.25, 0.3) is 11.4 Å². The molecule has 0 aliphatic heterocycles. The van der Waals surface area contributed by atoms with E-state index in [0.29, 0.717) is 17.3 Å². The van der Waals surface area contributed by atoms with Crippen LogP contribution in [0.2, 0.25) is 0 Å². The van der Waals surface area contributed by atoms with Gasteiger partial charge in [-0.25, -0.2) is 5.43 Å². The average molecular weight is 381 g/mol. The van der Waals surface area contributed by atoms with Crippen LogP contribution in [0.1, 0.15) is 12.5 Å². The van der Waals surface area contributed by atoms with Crippen LogP contribution in [0.15, 0.2) is 64.9 Å². The fraction of sp³-hybridized carbons (Fsp3) is 0.158. The lowest BCUT2D eigenvalue weighted by atomic mass is 10.2. The van der Waals surface area contributed by atoms with Crippen LogP contribution in [0, 0.1) is 0 Å². The summed E-state index contributed by atoms with van der Waals surface area (Å²) in [5.74, 6) is 0.852. The van der Waals surface area contributed by atoms with Gasteiger partial charge >= 0.3 is 0 Å². The van der Waals surface area contributed by atoms with E-state index in [1.54, 1.807) is 24.3 Å². The monoisotopic (exact) mass is 381 g/mol. The Bertz CT molecular complexity index is 940. The lowest BCUT2D eigenvalue weighted by Crippen LogP contribution is -2.20. The van der Waals surface area contributed by atoms with Gasteiger partial charge in [0.05, 0.1) is 12.0 Å². The Balaban J connectivity index is 1.58. The molecule has 0 atom stereocenters. The number of hydrogen-bond acceptors (Lipinski definition) is 6. The zero-order valence-corrected chi connectivity index (χ0v) is 15.6. The number of aromatic hydroxyl groups is 1. The van der Waals surface area contributed by atoms with E-state index in [0.717, 1.165) is 11.4 Å². The number of carbonyl (C=O) groups is 1. The summed E-state index contributed by atoms with van der Waals surface area (Å²) in [6.07, 6.45) is 1.48. The minimum absolute atomic E-state index is 0.147. The molecule has 3 rings (SSSR count). The molecule has 8 heteroatoms. The van der Waals surface area contributed by atoms with Crippen molar-refractivity contribution in [1.29, 1.82) is 0 Å². The van der Waals surface area contributed by atoms with Crippen molar-refractivity contribution in [2.45, 2.75) is 18.6 Å². The van der Waals surface area contributed by atoms with Gasteiger partial charge in [-0.05, 0) is 24.6 Å². The van der Waals surface area contributed by atoms with Crippen LogP contribution >= 0.6 is 11.8 Å². The van der Waals surface area contributed by atoms with Gasteiger partial charge in [-0.2, -0.15) is 5.10 Å². The number of phenolic OH excluding ortho intramolecular Hbond substituents is 1. The maximum absolute atomic E-state index is 12.0. The van der Waals surface area contributed by atoms with E-state index in [9.17, 15) is 9.90 Å². The predicted molar refractivity (Wildman–Crippen MR) is 106 cm³/mol. The highest BCUT2D eigenvalue weighted by Crippen LogP contribution is 2.23. The van der Waals surface area contributed by atoms with Crippen LogP contribution in [-0.2, 0) is 11.3 Å². The third-order valence-corrected chi connectivity index (χ3v) is 4.64. The molecule has 0 saturated heterocycles. The second-order valence-electron chi connectivity index (χ2n) is 5.59. The molecule has 0 fully saturated rings. The van der Waals surface area contributed by atoms with Gasteiger partial charge in [-0.1, -0.05) is 54.2 Å². The number of hydrogen-bond donors (Lipinski definition) is 2. The highest BCUT2D eigenvalue weighted by molar-refractivity contribution is 7.99. The minimum Gasteiger partial charge on any atom is -0.508 e. The third-order valence-electron chi connectivity index (χ3n) is 3.67. The van der Waals surface area contributed by atoms with E-state index in [1.807, 2.05) is 41.8 Å². The molecular formula is C19H19N5O2S. The summed E-state index contributed by atoms with van der Waals surface area (Å²) in [4.78, 5) is 12.0. The third kappa shape index (κ3) is 4.95. The zero-order chi connectivity index (χ0) is 19.1. The second kappa shape index (κ2) is 9.00. The summed E-state index contributed by atoms with van der Waals surface area (Å²) >= 11 is 1.31. The molecule has 0 aliphatic rings. The fourth-order valence-corrected chi connectivity index (χ4v) is 3.22. The zero-order valence-electron chi connectivity index (χ0n) is 14.7. The van der Waals surface area contributed by atoms with Gasteiger partial charge in [0.1, 0.15) is 5.75 Å². The van der Waals surface area contributed by atoms with Crippen LogP contribution in [-0.4, -0.2) is 37.7 Å². The van der Waals surface area contributed by atoms with E-state index < -0.39 is 0 Å². The first-order chi connectivity index (χ1) is 13.2. The van der Waals surface area contributed by atoms with E-state index in [-0.39, 0.29) is 17.4 Å². The number of phenols is 1. The van der Waals surface area contributed by atoms with Gasteiger partial charge in [0.15, 0.2) is 11.0 Å². The van der Waals surface area contributed by atoms with Crippen molar-refractivity contribution in [3.8, 4) is 17.1 Å². The molecule has 0 spiro atoms. The maximum atomic E-state index is 12.0. The van der Waals surface area contributed by atoms with Crippen molar-refractivity contribution in [2.75, 3.05) is 5.75 Å². The Morgan fingerprint density at radius 2 is 2.04 bits per heavy atom. The lowest BCUT2D eigenvalue weighted by Gasteiger charge is -2.06. The van der Waals surface area contributed by atoms with Gasteiger partial charge in [-0.3, -0.25) is 4.79 Å². The Morgan fingerprint density at radius 3 is 2.78 bits per heavy atom. The number of amides is 1. The summed E-state index contributed by atoms with van der Waals surface area (Å²) in [5.41, 5.74) is 4.15. The van der Waals surface area contributed by atoms with Crippen molar-refractivity contribution in [1.82, 2.24) is 20.2 Å². The molecule has 0 unspecified atom stereocenters. The SMILES string of the molecule is CCn1c(SCC(=O)N/N=C\c2cccc(O)c2)nnc1-c1ccccc1. The topological polar surface area (TPSA) is 92.4 Å². The summed E-state index contributed by atoms with van der Waals surface area (Å²) < 4.78 is 1.98. The number of nitrogens with zero attached hydrogens (tertiary/aromatic N) is 4. The van der Waals surface area contributed by atoms with Crippen LogP contribution < -0.4 is 5.43 Å². The maximum Gasteiger partial charge on any atom is 0.250 e. The van der Waals surface area contributed by atoms with Crippen LogP contribution in [0.4, 0.5) is 0 Å². The quantitative estimate of drug-likeness (QED) is 0.373. The number of hydrazone groups is 1. The molecule has 1 amide bonds. The van der Waals surface area contributed by atoms with Crippen molar-refractivity contribution in [2.24, 2.45) is 5.10 Å². The first-order valence-corrected chi connectivity index (χ1v) is 9.38. The molecule has 1 heterocycles. The fourth-order valence-electron chi connectivity index (χ4n) is 2.43. The number of thioether (sulfide) groups is 1. The van der Waals surface area contributed by atoms with Crippen LogP contribution in [0.5, 0.6) is 5.75 Å². The van der Waals surface area contributed by atoms with Crippen molar-refractivity contribution >= 4 is 23.9 Å². The molecule has 0 bridgehead atoms. The molecule has 0 radical (unpaired) electrons. The first-order valence-electron chi connectivity index (χ1n) is 8.39. The second-order valence-corrected chi connectivity index (χ2v) is 6.54. The summed E-state index contributed by atoms with van der Waals surface area (Å²) in [6, 6.07) is 16.4. The number of rotatable bonds is 7. The molecule has 0 aliphatic carbocycles. The lowest BCUT2D eigenvalue weighted by molar-refractivity contribution is -0.118. The number of nitrogens with one attached hydrogen (secondary N) is 1. The van der Waals surface area contributed by atoms with E-state index in [1.165, 1.54) is 18.0 Å². The molecule has 2 aromatic carbocycles. The molecule has 0 saturated carbocycles. The molecule has 2 N–H and O–H groups in total. The van der Waals surface area contributed by atoms with Gasteiger partial charge < -0.3 is 9.67 Å². The molecule has 3 aromatic rings. The Labute approximate surface area is 161 Å².